The molecule has 1 unspecified atom stereocenters. The molecule has 0 aromatic carbocycles. The quantitative estimate of drug-likeness (QED) is 0.649. The highest BCUT2D eigenvalue weighted by molar-refractivity contribution is 5.19. The number of aryl methyl sites for hydroxylation is 1. The SMILES string of the molecule is CC1CCn2nc(C(F)(F)F)cc2O1. The molecule has 0 saturated carbocycles. The van der Waals surface area contributed by atoms with Crippen molar-refractivity contribution in [1.82, 2.24) is 9.78 Å². The Morgan fingerprint density at radius 2 is 2.29 bits per heavy atom. The molecule has 14 heavy (non-hydrogen) atoms. The molecule has 2 rings (SSSR count). The molecule has 1 atom stereocenters. The van der Waals surface area contributed by atoms with Crippen LogP contribution in [-0.2, 0) is 12.7 Å². The Kier molecular flexibility index (Phi) is 1.94. The second-order valence-corrected chi connectivity index (χ2v) is 3.31. The van der Waals surface area contributed by atoms with Crippen molar-refractivity contribution in [3.05, 3.63) is 11.8 Å². The summed E-state index contributed by atoms with van der Waals surface area (Å²) in [6, 6.07) is 0.940. The van der Waals surface area contributed by atoms with Crippen LogP contribution in [0.4, 0.5) is 13.2 Å². The van der Waals surface area contributed by atoms with E-state index in [1.54, 1.807) is 0 Å². The van der Waals surface area contributed by atoms with Gasteiger partial charge >= 0.3 is 6.18 Å². The average Bonchev–Trinajstić information content (AvgIpc) is 2.45. The van der Waals surface area contributed by atoms with Crippen molar-refractivity contribution in [2.24, 2.45) is 0 Å². The first kappa shape index (κ1) is 9.36. The van der Waals surface area contributed by atoms with Crippen molar-refractivity contribution in [3.8, 4) is 5.88 Å². The third-order valence-corrected chi connectivity index (χ3v) is 2.10. The van der Waals surface area contributed by atoms with E-state index in [1.807, 2.05) is 6.92 Å². The molecule has 0 N–H and O–H groups in total. The zero-order valence-electron chi connectivity index (χ0n) is 7.51. The molecule has 1 aliphatic heterocycles. The van der Waals surface area contributed by atoms with Crippen LogP contribution in [0.5, 0.6) is 5.88 Å². The van der Waals surface area contributed by atoms with Gasteiger partial charge in [0.1, 0.15) is 0 Å². The van der Waals surface area contributed by atoms with Gasteiger partial charge in [0, 0.05) is 19.0 Å². The van der Waals surface area contributed by atoms with Gasteiger partial charge in [-0.1, -0.05) is 0 Å². The summed E-state index contributed by atoms with van der Waals surface area (Å²) in [7, 11) is 0. The van der Waals surface area contributed by atoms with E-state index in [2.05, 4.69) is 5.10 Å². The lowest BCUT2D eigenvalue weighted by atomic mass is 10.2. The van der Waals surface area contributed by atoms with Gasteiger partial charge in [-0.25, -0.2) is 4.68 Å². The Bertz CT molecular complexity index is 345. The van der Waals surface area contributed by atoms with Gasteiger partial charge in [-0.2, -0.15) is 18.3 Å². The van der Waals surface area contributed by atoms with Gasteiger partial charge in [-0.3, -0.25) is 0 Å². The monoisotopic (exact) mass is 206 g/mol. The fourth-order valence-electron chi connectivity index (χ4n) is 1.36. The maximum absolute atomic E-state index is 12.2. The number of fused-ring (bicyclic) bond motifs is 1. The molecule has 1 aliphatic rings. The maximum Gasteiger partial charge on any atom is 0.435 e. The topological polar surface area (TPSA) is 27.1 Å². The van der Waals surface area contributed by atoms with Gasteiger partial charge in [-0.05, 0) is 6.92 Å². The lowest BCUT2D eigenvalue weighted by Gasteiger charge is -2.20. The van der Waals surface area contributed by atoms with Crippen LogP contribution in [0.2, 0.25) is 0 Å². The Morgan fingerprint density at radius 3 is 2.93 bits per heavy atom. The molecule has 0 fully saturated rings. The number of nitrogens with zero attached hydrogens (tertiary/aromatic N) is 2. The number of halogens is 3. The van der Waals surface area contributed by atoms with Crippen LogP contribution in [0.3, 0.4) is 0 Å². The van der Waals surface area contributed by atoms with E-state index in [1.165, 1.54) is 4.68 Å². The van der Waals surface area contributed by atoms with Crippen LogP contribution in [0.1, 0.15) is 19.0 Å². The van der Waals surface area contributed by atoms with Crippen molar-refractivity contribution < 1.29 is 17.9 Å². The summed E-state index contributed by atoms with van der Waals surface area (Å²) in [4.78, 5) is 0. The van der Waals surface area contributed by atoms with Crippen molar-refractivity contribution in [2.45, 2.75) is 32.2 Å². The van der Waals surface area contributed by atoms with Crippen LogP contribution in [0, 0.1) is 0 Å². The lowest BCUT2D eigenvalue weighted by Crippen LogP contribution is -2.23. The van der Waals surface area contributed by atoms with Gasteiger partial charge in [0.25, 0.3) is 0 Å². The van der Waals surface area contributed by atoms with E-state index in [0.29, 0.717) is 13.0 Å². The van der Waals surface area contributed by atoms with Crippen LogP contribution >= 0.6 is 0 Å². The number of aromatic nitrogens is 2. The Balaban J connectivity index is 2.32. The number of rotatable bonds is 0. The molecule has 3 nitrogen and oxygen atoms in total. The summed E-state index contributed by atoms with van der Waals surface area (Å²) in [6.07, 6.45) is -3.75. The molecule has 0 saturated heterocycles. The predicted octanol–water partition coefficient (Wildman–Crippen LogP) is 2.07. The molecular weight excluding hydrogens is 197 g/mol. The van der Waals surface area contributed by atoms with Gasteiger partial charge in [-0.15, -0.1) is 0 Å². The van der Waals surface area contributed by atoms with Gasteiger partial charge in [0.15, 0.2) is 5.69 Å². The molecule has 0 amide bonds. The standard InChI is InChI=1S/C8H9F3N2O/c1-5-2-3-13-7(14-5)4-6(12-13)8(9,10)11/h4-5H,2-3H2,1H3. The number of hydrogen-bond donors (Lipinski definition) is 0. The number of ether oxygens (including phenoxy) is 1. The highest BCUT2D eigenvalue weighted by Crippen LogP contribution is 2.32. The van der Waals surface area contributed by atoms with Gasteiger partial charge in [0.2, 0.25) is 5.88 Å². The third-order valence-electron chi connectivity index (χ3n) is 2.10. The summed E-state index contributed by atoms with van der Waals surface area (Å²) in [5.41, 5.74) is -0.887. The molecule has 1 aromatic heterocycles. The molecule has 1 aromatic rings. The van der Waals surface area contributed by atoms with E-state index >= 15 is 0 Å². The molecule has 0 spiro atoms. The minimum absolute atomic E-state index is 0.0414. The number of alkyl halides is 3. The highest BCUT2D eigenvalue weighted by atomic mass is 19.4. The smallest absolute Gasteiger partial charge is 0.435 e. The summed E-state index contributed by atoms with van der Waals surface area (Å²) in [6.45, 7) is 2.30. The Hall–Kier alpha value is -1.20. The van der Waals surface area contributed by atoms with Gasteiger partial charge < -0.3 is 4.74 Å². The van der Waals surface area contributed by atoms with Crippen molar-refractivity contribution in [2.75, 3.05) is 0 Å². The highest BCUT2D eigenvalue weighted by Gasteiger charge is 2.36. The number of hydrogen-bond acceptors (Lipinski definition) is 2. The Labute approximate surface area is 78.5 Å². The first-order valence-electron chi connectivity index (χ1n) is 4.28. The fourth-order valence-corrected chi connectivity index (χ4v) is 1.36. The summed E-state index contributed by atoms with van der Waals surface area (Å²) in [5, 5.41) is 3.42. The first-order chi connectivity index (χ1) is 6.47. The maximum atomic E-state index is 12.2. The minimum Gasteiger partial charge on any atom is -0.475 e. The molecule has 2 heterocycles. The van der Waals surface area contributed by atoms with E-state index in [0.717, 1.165) is 6.07 Å². The van der Waals surface area contributed by atoms with Crippen LogP contribution < -0.4 is 4.74 Å². The van der Waals surface area contributed by atoms with Crippen LogP contribution in [0.25, 0.3) is 0 Å². The van der Waals surface area contributed by atoms with Crippen LogP contribution in [-0.4, -0.2) is 15.9 Å². The zero-order valence-corrected chi connectivity index (χ0v) is 7.51. The predicted molar refractivity (Wildman–Crippen MR) is 41.9 cm³/mol. The summed E-state index contributed by atoms with van der Waals surface area (Å²) in [5.74, 6) is 0.205. The lowest BCUT2D eigenvalue weighted by molar-refractivity contribution is -0.141. The Morgan fingerprint density at radius 1 is 1.57 bits per heavy atom. The zero-order chi connectivity index (χ0) is 10.3. The minimum atomic E-state index is -4.39. The van der Waals surface area contributed by atoms with E-state index in [4.69, 9.17) is 4.74 Å². The summed E-state index contributed by atoms with van der Waals surface area (Å²) >= 11 is 0. The van der Waals surface area contributed by atoms with Crippen molar-refractivity contribution >= 4 is 0 Å². The molecule has 0 bridgehead atoms. The normalized spacial score (nSPS) is 21.6. The average molecular weight is 206 g/mol. The largest absolute Gasteiger partial charge is 0.475 e. The first-order valence-corrected chi connectivity index (χ1v) is 4.28. The molecular formula is C8H9F3N2O. The molecule has 78 valence electrons. The van der Waals surface area contributed by atoms with E-state index in [-0.39, 0.29) is 12.0 Å². The third kappa shape index (κ3) is 1.56. The fraction of sp³-hybridized carbons (Fsp3) is 0.625. The summed E-state index contributed by atoms with van der Waals surface area (Å²) < 4.78 is 43.2. The van der Waals surface area contributed by atoms with Crippen LogP contribution in [0.15, 0.2) is 6.07 Å². The van der Waals surface area contributed by atoms with Crippen molar-refractivity contribution in [1.29, 1.82) is 0 Å². The second kappa shape index (κ2) is 2.90. The molecule has 6 heteroatoms. The molecule has 0 aliphatic carbocycles. The van der Waals surface area contributed by atoms with E-state index in [9.17, 15) is 13.2 Å². The second-order valence-electron chi connectivity index (χ2n) is 3.31. The van der Waals surface area contributed by atoms with Crippen molar-refractivity contribution in [3.63, 3.8) is 0 Å². The van der Waals surface area contributed by atoms with Gasteiger partial charge in [0.05, 0.1) is 6.10 Å². The molecule has 0 radical (unpaired) electrons. The van der Waals surface area contributed by atoms with E-state index < -0.39 is 11.9 Å².